The molecule has 2 heterocycles. The van der Waals surface area contributed by atoms with Gasteiger partial charge in [-0.25, -0.2) is 4.79 Å². The fourth-order valence-electron chi connectivity index (χ4n) is 2.34. The second-order valence-electron chi connectivity index (χ2n) is 5.19. The van der Waals surface area contributed by atoms with E-state index in [0.29, 0.717) is 26.1 Å². The summed E-state index contributed by atoms with van der Waals surface area (Å²) in [6.07, 6.45) is 0.929. The van der Waals surface area contributed by atoms with Crippen molar-refractivity contribution in [2.24, 2.45) is 0 Å². The standard InChI is InChI=1S/C12H19NO5/c1-12(4-6-17-7-5-12)13-10(14)8-2-3-9(18-8)11(15)16/h8-9H,2-7H2,1H3,(H,13,14)(H,15,16). The van der Waals surface area contributed by atoms with E-state index in [0.717, 1.165) is 12.8 Å². The summed E-state index contributed by atoms with van der Waals surface area (Å²) in [4.78, 5) is 22.8. The van der Waals surface area contributed by atoms with Crippen LogP contribution in [-0.4, -0.2) is 47.9 Å². The van der Waals surface area contributed by atoms with Crippen molar-refractivity contribution in [3.05, 3.63) is 0 Å². The summed E-state index contributed by atoms with van der Waals surface area (Å²) in [5, 5.41) is 11.8. The molecule has 0 radical (unpaired) electrons. The van der Waals surface area contributed by atoms with Gasteiger partial charge in [0.05, 0.1) is 0 Å². The summed E-state index contributed by atoms with van der Waals surface area (Å²) in [6, 6.07) is 0. The molecule has 2 aliphatic rings. The van der Waals surface area contributed by atoms with Gasteiger partial charge in [0.15, 0.2) is 6.10 Å². The Morgan fingerprint density at radius 3 is 2.39 bits per heavy atom. The van der Waals surface area contributed by atoms with E-state index in [1.807, 2.05) is 6.92 Å². The molecule has 0 aromatic heterocycles. The third-order valence-electron chi connectivity index (χ3n) is 3.61. The van der Waals surface area contributed by atoms with Gasteiger partial charge in [-0.1, -0.05) is 0 Å². The lowest BCUT2D eigenvalue weighted by molar-refractivity contribution is -0.152. The maximum Gasteiger partial charge on any atom is 0.332 e. The molecule has 0 aromatic rings. The van der Waals surface area contributed by atoms with Gasteiger partial charge < -0.3 is 19.9 Å². The first kappa shape index (κ1) is 13.3. The van der Waals surface area contributed by atoms with Gasteiger partial charge in [-0.05, 0) is 32.6 Å². The van der Waals surface area contributed by atoms with Crippen LogP contribution in [0.25, 0.3) is 0 Å². The summed E-state index contributed by atoms with van der Waals surface area (Å²) in [6.45, 7) is 3.26. The van der Waals surface area contributed by atoms with E-state index in [9.17, 15) is 9.59 Å². The molecule has 2 aliphatic heterocycles. The van der Waals surface area contributed by atoms with E-state index in [1.165, 1.54) is 0 Å². The predicted molar refractivity (Wildman–Crippen MR) is 62.1 cm³/mol. The second-order valence-corrected chi connectivity index (χ2v) is 5.19. The normalized spacial score (nSPS) is 30.9. The highest BCUT2D eigenvalue weighted by Gasteiger charge is 2.37. The first-order valence-electron chi connectivity index (χ1n) is 6.28. The molecule has 2 N–H and O–H groups in total. The molecule has 2 atom stereocenters. The van der Waals surface area contributed by atoms with Gasteiger partial charge in [0.1, 0.15) is 6.10 Å². The fourth-order valence-corrected chi connectivity index (χ4v) is 2.34. The minimum Gasteiger partial charge on any atom is -0.479 e. The van der Waals surface area contributed by atoms with Crippen LogP contribution < -0.4 is 5.32 Å². The zero-order valence-corrected chi connectivity index (χ0v) is 10.5. The molecule has 0 bridgehead atoms. The maximum absolute atomic E-state index is 12.0. The zero-order chi connectivity index (χ0) is 13.2. The predicted octanol–water partition coefficient (Wildman–Crippen LogP) is 0.304. The van der Waals surface area contributed by atoms with Gasteiger partial charge in [0.2, 0.25) is 5.91 Å². The van der Waals surface area contributed by atoms with Crippen molar-refractivity contribution < 1.29 is 24.2 Å². The molecule has 2 unspecified atom stereocenters. The minimum absolute atomic E-state index is 0.205. The van der Waals surface area contributed by atoms with Crippen LogP contribution in [0.1, 0.15) is 32.6 Å². The first-order chi connectivity index (χ1) is 8.50. The van der Waals surface area contributed by atoms with Crippen LogP contribution in [0.3, 0.4) is 0 Å². The molecule has 6 nitrogen and oxygen atoms in total. The number of nitrogens with one attached hydrogen (secondary N) is 1. The molecule has 6 heteroatoms. The number of carboxylic acids is 1. The lowest BCUT2D eigenvalue weighted by Gasteiger charge is -2.35. The number of aliphatic carboxylic acids is 1. The van der Waals surface area contributed by atoms with Crippen LogP contribution in [0.5, 0.6) is 0 Å². The molecule has 0 saturated carbocycles. The molecular formula is C12H19NO5. The zero-order valence-electron chi connectivity index (χ0n) is 10.5. The molecular weight excluding hydrogens is 238 g/mol. The third-order valence-corrected chi connectivity index (χ3v) is 3.61. The van der Waals surface area contributed by atoms with E-state index in [4.69, 9.17) is 14.6 Å². The Labute approximate surface area is 106 Å². The van der Waals surface area contributed by atoms with Crippen molar-refractivity contribution in [3.63, 3.8) is 0 Å². The average molecular weight is 257 g/mol. The monoisotopic (exact) mass is 257 g/mol. The Bertz CT molecular complexity index is 337. The number of hydrogen-bond donors (Lipinski definition) is 2. The highest BCUT2D eigenvalue weighted by Crippen LogP contribution is 2.23. The number of hydrogen-bond acceptors (Lipinski definition) is 4. The summed E-state index contributed by atoms with van der Waals surface area (Å²) >= 11 is 0. The van der Waals surface area contributed by atoms with Gasteiger partial charge in [0.25, 0.3) is 0 Å². The van der Waals surface area contributed by atoms with Crippen molar-refractivity contribution in [1.82, 2.24) is 5.32 Å². The molecule has 0 aliphatic carbocycles. The quantitative estimate of drug-likeness (QED) is 0.759. The Morgan fingerprint density at radius 2 is 1.83 bits per heavy atom. The minimum atomic E-state index is -0.998. The number of carbonyl (C=O) groups is 2. The molecule has 2 fully saturated rings. The average Bonchev–Trinajstić information content (AvgIpc) is 2.78. The van der Waals surface area contributed by atoms with Crippen LogP contribution >= 0.6 is 0 Å². The molecule has 0 aromatic carbocycles. The summed E-state index contributed by atoms with van der Waals surface area (Å²) in [7, 11) is 0. The van der Waals surface area contributed by atoms with Crippen molar-refractivity contribution in [2.45, 2.75) is 50.4 Å². The number of amides is 1. The van der Waals surface area contributed by atoms with E-state index < -0.39 is 18.2 Å². The number of rotatable bonds is 3. The van der Waals surface area contributed by atoms with Crippen LogP contribution in [0.2, 0.25) is 0 Å². The topological polar surface area (TPSA) is 84.9 Å². The molecule has 2 rings (SSSR count). The lowest BCUT2D eigenvalue weighted by atomic mass is 9.92. The van der Waals surface area contributed by atoms with E-state index >= 15 is 0 Å². The highest BCUT2D eigenvalue weighted by atomic mass is 16.5. The molecule has 0 spiro atoms. The van der Waals surface area contributed by atoms with Crippen molar-refractivity contribution in [2.75, 3.05) is 13.2 Å². The summed E-state index contributed by atoms with van der Waals surface area (Å²) in [5.41, 5.74) is -0.264. The summed E-state index contributed by atoms with van der Waals surface area (Å²) < 4.78 is 10.5. The van der Waals surface area contributed by atoms with Gasteiger partial charge in [0, 0.05) is 18.8 Å². The molecule has 18 heavy (non-hydrogen) atoms. The number of carboxylic acid groups (broad SMARTS) is 1. The second kappa shape index (κ2) is 5.24. The van der Waals surface area contributed by atoms with E-state index in [-0.39, 0.29) is 11.4 Å². The smallest absolute Gasteiger partial charge is 0.332 e. The largest absolute Gasteiger partial charge is 0.479 e. The van der Waals surface area contributed by atoms with Gasteiger partial charge in [-0.15, -0.1) is 0 Å². The fraction of sp³-hybridized carbons (Fsp3) is 0.833. The van der Waals surface area contributed by atoms with Crippen LogP contribution in [-0.2, 0) is 19.1 Å². The Balaban J connectivity index is 1.87. The van der Waals surface area contributed by atoms with Crippen molar-refractivity contribution >= 4 is 11.9 Å². The molecule has 102 valence electrons. The highest BCUT2D eigenvalue weighted by molar-refractivity contribution is 5.83. The Hall–Kier alpha value is -1.14. The third kappa shape index (κ3) is 3.00. The Kier molecular flexibility index (Phi) is 3.87. The van der Waals surface area contributed by atoms with Crippen LogP contribution in [0, 0.1) is 0 Å². The SMILES string of the molecule is CC1(NC(=O)C2CCC(C(=O)O)O2)CCOCC1. The first-order valence-corrected chi connectivity index (χ1v) is 6.28. The maximum atomic E-state index is 12.0. The van der Waals surface area contributed by atoms with Gasteiger partial charge in [-0.2, -0.15) is 0 Å². The van der Waals surface area contributed by atoms with Gasteiger partial charge >= 0.3 is 5.97 Å². The van der Waals surface area contributed by atoms with Crippen molar-refractivity contribution in [1.29, 1.82) is 0 Å². The van der Waals surface area contributed by atoms with E-state index in [2.05, 4.69) is 5.32 Å². The van der Waals surface area contributed by atoms with Gasteiger partial charge in [-0.3, -0.25) is 4.79 Å². The molecule has 2 saturated heterocycles. The van der Waals surface area contributed by atoms with Crippen LogP contribution in [0.4, 0.5) is 0 Å². The van der Waals surface area contributed by atoms with E-state index in [1.54, 1.807) is 0 Å². The lowest BCUT2D eigenvalue weighted by Crippen LogP contribution is -2.52. The van der Waals surface area contributed by atoms with Crippen LogP contribution in [0.15, 0.2) is 0 Å². The number of carbonyl (C=O) groups excluding carboxylic acids is 1. The van der Waals surface area contributed by atoms with Crippen molar-refractivity contribution in [3.8, 4) is 0 Å². The summed E-state index contributed by atoms with van der Waals surface area (Å²) in [5.74, 6) is -1.20. The Morgan fingerprint density at radius 1 is 1.22 bits per heavy atom. The number of ether oxygens (including phenoxy) is 2. The molecule has 1 amide bonds.